The van der Waals surface area contributed by atoms with Gasteiger partial charge in [0.15, 0.2) is 5.82 Å². The molecule has 0 atom stereocenters. The standard InChI is InChI=1S/C10H11BrN4O.C6H5Br2NO/c1-14-6-7(11)5-8(10(14)16)12-9-3-4-15(2)13-9;1-9-3-4(7)2-5(8)6(9)10/h3-6H,1-2H3,(H,12,13);2-3H,1H3. The topological polar surface area (TPSA) is 73.8 Å². The van der Waals surface area contributed by atoms with Gasteiger partial charge < -0.3 is 14.5 Å². The monoisotopic (exact) mass is 547 g/mol. The van der Waals surface area contributed by atoms with Crippen molar-refractivity contribution in [3.8, 4) is 0 Å². The van der Waals surface area contributed by atoms with Crippen molar-refractivity contribution >= 4 is 59.3 Å². The Hall–Kier alpha value is -1.65. The molecule has 0 radical (unpaired) electrons. The zero-order chi connectivity index (χ0) is 19.4. The number of pyridine rings is 2. The highest BCUT2D eigenvalue weighted by Crippen LogP contribution is 2.15. The highest BCUT2D eigenvalue weighted by molar-refractivity contribution is 9.11. The summed E-state index contributed by atoms with van der Waals surface area (Å²) in [6, 6.07) is 5.26. The van der Waals surface area contributed by atoms with Crippen molar-refractivity contribution in [1.82, 2.24) is 18.9 Å². The fraction of sp³-hybridized carbons (Fsp3) is 0.188. The number of hydrogen-bond acceptors (Lipinski definition) is 4. The Labute approximate surface area is 175 Å². The number of hydrogen-bond donors (Lipinski definition) is 1. The van der Waals surface area contributed by atoms with Gasteiger partial charge in [0.25, 0.3) is 11.1 Å². The molecular formula is C16H16Br3N5O2. The Kier molecular flexibility index (Phi) is 7.01. The van der Waals surface area contributed by atoms with E-state index < -0.39 is 0 Å². The van der Waals surface area contributed by atoms with E-state index >= 15 is 0 Å². The molecule has 3 rings (SSSR count). The smallest absolute Gasteiger partial charge is 0.274 e. The van der Waals surface area contributed by atoms with Crippen molar-refractivity contribution in [3.63, 3.8) is 0 Å². The lowest BCUT2D eigenvalue weighted by atomic mass is 10.4. The molecule has 138 valence electrons. The number of nitrogens with one attached hydrogen (secondary N) is 1. The molecule has 7 nitrogen and oxygen atoms in total. The summed E-state index contributed by atoms with van der Waals surface area (Å²) in [5, 5.41) is 7.13. The highest BCUT2D eigenvalue weighted by Gasteiger charge is 2.05. The second-order valence-corrected chi connectivity index (χ2v) is 8.10. The third-order valence-electron chi connectivity index (χ3n) is 3.23. The fourth-order valence-corrected chi connectivity index (χ4v) is 3.92. The number of aryl methyl sites for hydroxylation is 3. The summed E-state index contributed by atoms with van der Waals surface area (Å²) >= 11 is 9.73. The largest absolute Gasteiger partial charge is 0.334 e. The van der Waals surface area contributed by atoms with E-state index in [9.17, 15) is 9.59 Å². The molecule has 0 aliphatic carbocycles. The van der Waals surface area contributed by atoms with Crippen LogP contribution in [0.2, 0.25) is 0 Å². The van der Waals surface area contributed by atoms with Crippen molar-refractivity contribution < 1.29 is 0 Å². The zero-order valence-corrected chi connectivity index (χ0v) is 19.0. The van der Waals surface area contributed by atoms with Crippen LogP contribution in [-0.2, 0) is 21.1 Å². The summed E-state index contributed by atoms with van der Waals surface area (Å²) in [7, 11) is 5.23. The summed E-state index contributed by atoms with van der Waals surface area (Å²) in [5.74, 6) is 0.651. The van der Waals surface area contributed by atoms with Gasteiger partial charge in [0.1, 0.15) is 5.69 Å². The minimum Gasteiger partial charge on any atom is -0.334 e. The number of anilines is 2. The third kappa shape index (κ3) is 5.42. The first kappa shape index (κ1) is 20.7. The van der Waals surface area contributed by atoms with Gasteiger partial charge in [-0.2, -0.15) is 5.10 Å². The summed E-state index contributed by atoms with van der Waals surface area (Å²) in [6.07, 6.45) is 5.24. The normalized spacial score (nSPS) is 10.2. The van der Waals surface area contributed by atoms with Gasteiger partial charge in [-0.3, -0.25) is 14.3 Å². The lowest BCUT2D eigenvalue weighted by molar-refractivity contribution is 0.771. The molecule has 1 N–H and O–H groups in total. The molecule has 0 bridgehead atoms. The van der Waals surface area contributed by atoms with Crippen molar-refractivity contribution in [1.29, 1.82) is 0 Å². The molecule has 26 heavy (non-hydrogen) atoms. The molecule has 0 aliphatic heterocycles. The minimum atomic E-state index is -0.0890. The third-order valence-corrected chi connectivity index (χ3v) is 4.67. The van der Waals surface area contributed by atoms with Gasteiger partial charge in [0.2, 0.25) is 0 Å². The Balaban J connectivity index is 0.000000209. The molecule has 0 aromatic carbocycles. The van der Waals surface area contributed by atoms with E-state index in [4.69, 9.17) is 0 Å². The summed E-state index contributed by atoms with van der Waals surface area (Å²) in [6.45, 7) is 0. The Morgan fingerprint density at radius 2 is 1.50 bits per heavy atom. The van der Waals surface area contributed by atoms with E-state index in [0.717, 1.165) is 8.95 Å². The van der Waals surface area contributed by atoms with Crippen LogP contribution in [-0.4, -0.2) is 18.9 Å². The minimum absolute atomic E-state index is 0.0248. The first-order chi connectivity index (χ1) is 12.2. The average Bonchev–Trinajstić information content (AvgIpc) is 2.95. The second kappa shape index (κ2) is 8.83. The van der Waals surface area contributed by atoms with Crippen LogP contribution in [0.4, 0.5) is 11.5 Å². The number of nitrogens with zero attached hydrogens (tertiary/aromatic N) is 4. The molecule has 0 fully saturated rings. The Morgan fingerprint density at radius 3 is 2.04 bits per heavy atom. The summed E-state index contributed by atoms with van der Waals surface area (Å²) in [4.78, 5) is 22.8. The van der Waals surface area contributed by atoms with Crippen LogP contribution in [0, 0.1) is 0 Å². The second-order valence-electron chi connectivity index (χ2n) is 5.41. The Morgan fingerprint density at radius 1 is 0.923 bits per heavy atom. The molecule has 0 unspecified atom stereocenters. The van der Waals surface area contributed by atoms with Gasteiger partial charge >= 0.3 is 0 Å². The van der Waals surface area contributed by atoms with Gasteiger partial charge in [-0.1, -0.05) is 0 Å². The lowest BCUT2D eigenvalue weighted by Gasteiger charge is -2.05. The predicted octanol–water partition coefficient (Wildman–Crippen LogP) is 3.54. The van der Waals surface area contributed by atoms with Crippen LogP contribution in [0.5, 0.6) is 0 Å². The SMILES string of the molecule is Cn1cc(Br)cc(Br)c1=O.Cn1ccc(Nc2cc(Br)cn(C)c2=O)n1. The van der Waals surface area contributed by atoms with Crippen LogP contribution in [0.3, 0.4) is 0 Å². The molecule has 0 aliphatic rings. The zero-order valence-electron chi connectivity index (χ0n) is 14.2. The Bertz CT molecular complexity index is 1010. The molecule has 3 aromatic heterocycles. The quantitative estimate of drug-likeness (QED) is 0.531. The van der Waals surface area contributed by atoms with Gasteiger partial charge in [0.05, 0.1) is 4.47 Å². The lowest BCUT2D eigenvalue weighted by Crippen LogP contribution is -2.19. The number of aromatic nitrogens is 4. The van der Waals surface area contributed by atoms with Gasteiger partial charge in [0, 0.05) is 54.7 Å². The maximum absolute atomic E-state index is 11.8. The molecule has 3 heterocycles. The maximum Gasteiger partial charge on any atom is 0.274 e. The van der Waals surface area contributed by atoms with E-state index in [0.29, 0.717) is 16.0 Å². The summed E-state index contributed by atoms with van der Waals surface area (Å²) < 4.78 is 6.99. The van der Waals surface area contributed by atoms with E-state index in [1.807, 2.05) is 13.2 Å². The van der Waals surface area contributed by atoms with Gasteiger partial charge in [-0.15, -0.1) is 0 Å². The van der Waals surface area contributed by atoms with Gasteiger partial charge in [-0.25, -0.2) is 0 Å². The van der Waals surface area contributed by atoms with Crippen molar-refractivity contribution in [2.75, 3.05) is 5.32 Å². The van der Waals surface area contributed by atoms with Crippen molar-refractivity contribution in [2.24, 2.45) is 21.1 Å². The van der Waals surface area contributed by atoms with E-state index in [-0.39, 0.29) is 11.1 Å². The van der Waals surface area contributed by atoms with Crippen molar-refractivity contribution in [3.05, 3.63) is 70.9 Å². The van der Waals surface area contributed by atoms with Crippen LogP contribution in [0.25, 0.3) is 0 Å². The summed E-state index contributed by atoms with van der Waals surface area (Å²) in [5.41, 5.74) is 0.382. The highest BCUT2D eigenvalue weighted by atomic mass is 79.9. The van der Waals surface area contributed by atoms with Crippen molar-refractivity contribution in [2.45, 2.75) is 0 Å². The predicted molar refractivity (Wildman–Crippen MR) is 113 cm³/mol. The first-order valence-corrected chi connectivity index (χ1v) is 9.70. The van der Waals surface area contributed by atoms with E-state index in [1.54, 1.807) is 49.4 Å². The first-order valence-electron chi connectivity index (χ1n) is 7.32. The van der Waals surface area contributed by atoms with Gasteiger partial charge in [-0.05, 0) is 59.9 Å². The molecule has 10 heteroatoms. The molecular weight excluding hydrogens is 534 g/mol. The van der Waals surface area contributed by atoms with Crippen LogP contribution in [0.1, 0.15) is 0 Å². The average molecular weight is 550 g/mol. The molecule has 0 saturated heterocycles. The maximum atomic E-state index is 11.8. The van der Waals surface area contributed by atoms with E-state index in [1.165, 1.54) is 9.13 Å². The molecule has 3 aromatic rings. The molecule has 0 saturated carbocycles. The number of rotatable bonds is 2. The van der Waals surface area contributed by atoms with Crippen LogP contribution in [0.15, 0.2) is 59.8 Å². The fourth-order valence-electron chi connectivity index (χ4n) is 2.01. The molecule has 0 spiro atoms. The number of halogens is 3. The van der Waals surface area contributed by atoms with Crippen LogP contribution < -0.4 is 16.4 Å². The van der Waals surface area contributed by atoms with Crippen LogP contribution >= 0.6 is 47.8 Å². The van der Waals surface area contributed by atoms with E-state index in [2.05, 4.69) is 58.2 Å². The molecule has 0 amide bonds.